The number of aromatic nitrogens is 2. The lowest BCUT2D eigenvalue weighted by molar-refractivity contribution is -0.148. The highest BCUT2D eigenvalue weighted by atomic mass is 79.9. The number of hydrogen-bond donors (Lipinski definition) is 1. The van der Waals surface area contributed by atoms with Crippen molar-refractivity contribution in [3.63, 3.8) is 0 Å². The van der Waals surface area contributed by atoms with Gasteiger partial charge in [-0.1, -0.05) is 34.5 Å². The van der Waals surface area contributed by atoms with E-state index in [0.717, 1.165) is 29.3 Å². The van der Waals surface area contributed by atoms with Crippen LogP contribution in [-0.2, 0) is 22.5 Å². The molecule has 0 spiro atoms. The monoisotopic (exact) mass is 460 g/mol. The lowest BCUT2D eigenvalue weighted by atomic mass is 9.94. The summed E-state index contributed by atoms with van der Waals surface area (Å²) in [6.07, 6.45) is 6.35. The lowest BCUT2D eigenvalue weighted by Crippen LogP contribution is -2.20. The van der Waals surface area contributed by atoms with Crippen LogP contribution in [0.25, 0.3) is 0 Å². The Kier molecular flexibility index (Phi) is 7.57. The topological polar surface area (TPSA) is 85.6 Å². The average molecular weight is 461 g/mol. The van der Waals surface area contributed by atoms with Crippen LogP contribution < -0.4 is 5.32 Å². The Bertz CT molecular complexity index is 894. The van der Waals surface area contributed by atoms with Crippen LogP contribution in [0.2, 0.25) is 0 Å². The molecular formula is C21H25BrN4O3. The number of fused-ring (bicyclic) bond motifs is 1. The first-order chi connectivity index (χ1) is 14.1. The average Bonchev–Trinajstić information content (AvgIpc) is 3.01. The zero-order valence-electron chi connectivity index (χ0n) is 16.4. The second-order valence-corrected chi connectivity index (χ2v) is 7.87. The molecule has 1 aromatic heterocycles. The predicted molar refractivity (Wildman–Crippen MR) is 115 cm³/mol. The number of carbonyl (C=O) groups is 2. The van der Waals surface area contributed by atoms with Crippen LogP contribution in [0.3, 0.4) is 0 Å². The molecule has 7 nitrogen and oxygen atoms in total. The van der Waals surface area contributed by atoms with Crippen LogP contribution in [0.1, 0.15) is 42.2 Å². The third-order valence-electron chi connectivity index (χ3n) is 4.82. The third kappa shape index (κ3) is 5.76. The molecule has 1 unspecified atom stereocenters. The van der Waals surface area contributed by atoms with Crippen molar-refractivity contribution in [3.05, 3.63) is 46.3 Å². The summed E-state index contributed by atoms with van der Waals surface area (Å²) in [5, 5.41) is 3.04. The van der Waals surface area contributed by atoms with Crippen LogP contribution in [0, 0.1) is 5.92 Å². The minimum atomic E-state index is -0.170. The molecule has 154 valence electrons. The molecule has 1 aromatic carbocycles. The molecule has 1 atom stereocenters. The Hall–Kier alpha value is -2.48. The van der Waals surface area contributed by atoms with Gasteiger partial charge < -0.3 is 14.6 Å². The Morgan fingerprint density at radius 2 is 2.24 bits per heavy atom. The fraction of sp³-hybridized carbons (Fsp3) is 0.429. The van der Waals surface area contributed by atoms with Gasteiger partial charge in [-0.15, -0.1) is 0 Å². The number of imidazole rings is 1. The second-order valence-electron chi connectivity index (χ2n) is 6.95. The molecule has 1 aliphatic heterocycles. The molecule has 0 saturated carbocycles. The maximum atomic E-state index is 12.4. The van der Waals surface area contributed by atoms with E-state index in [-0.39, 0.29) is 24.2 Å². The van der Waals surface area contributed by atoms with Gasteiger partial charge in [0.1, 0.15) is 12.4 Å². The van der Waals surface area contributed by atoms with Gasteiger partial charge >= 0.3 is 5.97 Å². The summed E-state index contributed by atoms with van der Waals surface area (Å²) in [5.74, 6) is 0.284. The second kappa shape index (κ2) is 10.3. The Morgan fingerprint density at radius 1 is 1.38 bits per heavy atom. The predicted octanol–water partition coefficient (Wildman–Crippen LogP) is 3.87. The number of ketones is 1. The van der Waals surface area contributed by atoms with Gasteiger partial charge in [-0.2, -0.15) is 0 Å². The van der Waals surface area contributed by atoms with Crippen molar-refractivity contribution < 1.29 is 14.3 Å². The van der Waals surface area contributed by atoms with Gasteiger partial charge in [-0.05, 0) is 43.9 Å². The molecule has 3 rings (SSSR count). The van der Waals surface area contributed by atoms with Crippen molar-refractivity contribution >= 4 is 39.8 Å². The Balaban J connectivity index is 1.57. The number of Topliss-reactive ketones (excluding diaryl/α,β-unsaturated/α-hetero) is 1. The summed E-state index contributed by atoms with van der Waals surface area (Å²) >= 11 is 3.48. The number of hydrogen-bond acceptors (Lipinski definition) is 6. The van der Waals surface area contributed by atoms with Crippen molar-refractivity contribution in [1.82, 2.24) is 9.55 Å². The number of ether oxygens (including phenoxy) is 1. The number of unbranched alkanes of at least 4 members (excludes halogenated alkanes) is 1. The highest BCUT2D eigenvalue weighted by molar-refractivity contribution is 9.10. The number of aryl methyl sites for hydroxylation is 1. The zero-order chi connectivity index (χ0) is 20.6. The number of anilines is 1. The molecule has 2 heterocycles. The summed E-state index contributed by atoms with van der Waals surface area (Å²) < 4.78 is 8.21. The van der Waals surface area contributed by atoms with E-state index in [1.54, 1.807) is 6.33 Å². The van der Waals surface area contributed by atoms with E-state index in [1.165, 1.54) is 6.34 Å². The third-order valence-corrected chi connectivity index (χ3v) is 5.32. The van der Waals surface area contributed by atoms with Gasteiger partial charge in [0.15, 0.2) is 5.69 Å². The smallest absolute Gasteiger partial charge is 0.309 e. The summed E-state index contributed by atoms with van der Waals surface area (Å²) in [4.78, 5) is 32.6. The van der Waals surface area contributed by atoms with E-state index in [2.05, 4.69) is 31.2 Å². The number of benzene rings is 1. The van der Waals surface area contributed by atoms with E-state index in [9.17, 15) is 9.59 Å². The van der Waals surface area contributed by atoms with E-state index < -0.39 is 0 Å². The molecule has 0 aliphatic carbocycles. The number of nitrogens with one attached hydrogen (secondary N) is 1. The SMILES string of the molecule is CCOC(=O)C(CCCCn1cnc2c1NC=NCC2=O)Cc1cccc(Br)c1. The largest absolute Gasteiger partial charge is 0.466 e. The number of nitrogens with zero attached hydrogens (tertiary/aromatic N) is 3. The van der Waals surface area contributed by atoms with Crippen molar-refractivity contribution in [2.24, 2.45) is 10.9 Å². The number of carbonyl (C=O) groups excluding carboxylic acids is 2. The Morgan fingerprint density at radius 3 is 3.03 bits per heavy atom. The molecule has 8 heteroatoms. The van der Waals surface area contributed by atoms with Gasteiger partial charge in [0.2, 0.25) is 5.78 Å². The van der Waals surface area contributed by atoms with Crippen molar-refractivity contribution in [3.8, 4) is 0 Å². The summed E-state index contributed by atoms with van der Waals surface area (Å²) in [6, 6.07) is 8.02. The van der Waals surface area contributed by atoms with Crippen LogP contribution in [0.4, 0.5) is 5.82 Å². The van der Waals surface area contributed by atoms with E-state index in [0.29, 0.717) is 31.1 Å². The van der Waals surface area contributed by atoms with Crippen molar-refractivity contribution in [1.29, 1.82) is 0 Å². The Labute approximate surface area is 178 Å². The zero-order valence-corrected chi connectivity index (χ0v) is 18.0. The van der Waals surface area contributed by atoms with Crippen molar-refractivity contribution in [2.45, 2.75) is 39.2 Å². The van der Waals surface area contributed by atoms with Crippen LogP contribution in [-0.4, -0.2) is 40.8 Å². The summed E-state index contributed by atoms with van der Waals surface area (Å²) in [7, 11) is 0. The number of aliphatic imine (C=N–C) groups is 1. The summed E-state index contributed by atoms with van der Waals surface area (Å²) in [6.45, 7) is 3.05. The molecule has 0 amide bonds. The number of esters is 1. The van der Waals surface area contributed by atoms with E-state index >= 15 is 0 Å². The van der Waals surface area contributed by atoms with Gasteiger partial charge in [-0.3, -0.25) is 14.6 Å². The first-order valence-corrected chi connectivity index (χ1v) is 10.6. The fourth-order valence-corrected chi connectivity index (χ4v) is 3.85. The number of halogens is 1. The highest BCUT2D eigenvalue weighted by Gasteiger charge is 2.21. The molecule has 1 aliphatic rings. The van der Waals surface area contributed by atoms with Crippen LogP contribution in [0.5, 0.6) is 0 Å². The van der Waals surface area contributed by atoms with Crippen molar-refractivity contribution in [2.75, 3.05) is 18.5 Å². The first kappa shape index (κ1) is 21.2. The minimum absolute atomic E-state index is 0.0867. The quantitative estimate of drug-likeness (QED) is 0.453. The maximum absolute atomic E-state index is 12.4. The molecule has 0 fully saturated rings. The van der Waals surface area contributed by atoms with Gasteiger partial charge in [0, 0.05) is 11.0 Å². The van der Waals surface area contributed by atoms with Gasteiger partial charge in [0.05, 0.1) is 25.2 Å². The first-order valence-electron chi connectivity index (χ1n) is 9.82. The highest BCUT2D eigenvalue weighted by Crippen LogP contribution is 2.22. The van der Waals surface area contributed by atoms with E-state index in [4.69, 9.17) is 4.74 Å². The van der Waals surface area contributed by atoms with Gasteiger partial charge in [-0.25, -0.2) is 4.98 Å². The maximum Gasteiger partial charge on any atom is 0.309 e. The molecule has 0 radical (unpaired) electrons. The van der Waals surface area contributed by atoms with Gasteiger partial charge in [0.25, 0.3) is 0 Å². The van der Waals surface area contributed by atoms with E-state index in [1.807, 2.05) is 35.8 Å². The molecule has 29 heavy (non-hydrogen) atoms. The minimum Gasteiger partial charge on any atom is -0.466 e. The molecular weight excluding hydrogens is 436 g/mol. The fourth-order valence-electron chi connectivity index (χ4n) is 3.40. The molecule has 0 bridgehead atoms. The molecule has 0 saturated heterocycles. The normalized spacial score (nSPS) is 14.1. The lowest BCUT2D eigenvalue weighted by Gasteiger charge is -2.16. The standard InChI is InChI=1S/C21H25BrN4O3/c1-2-29-21(28)16(10-15-6-5-8-17(22)11-15)7-3-4-9-26-14-25-19-18(27)12-23-13-24-20(19)26/h5-6,8,11,13-14,16H,2-4,7,9-10,12H2,1H3,(H,23,24). The van der Waals surface area contributed by atoms with Crippen LogP contribution >= 0.6 is 15.9 Å². The molecule has 2 aromatic rings. The van der Waals surface area contributed by atoms with Crippen LogP contribution in [0.15, 0.2) is 40.1 Å². The number of rotatable bonds is 9. The molecule has 1 N–H and O–H groups in total. The summed E-state index contributed by atoms with van der Waals surface area (Å²) in [5.41, 5.74) is 1.54.